The third kappa shape index (κ3) is 8.94. The first-order chi connectivity index (χ1) is 11.9. The quantitative estimate of drug-likeness (QED) is 0.310. The molecule has 1 aromatic heterocycles. The molecular formula is C16H33N2O6P2+. The van der Waals surface area contributed by atoms with Crippen molar-refractivity contribution in [3.8, 4) is 0 Å². The van der Waals surface area contributed by atoms with E-state index in [9.17, 15) is 28.7 Å². The summed E-state index contributed by atoms with van der Waals surface area (Å²) >= 11 is 0. The van der Waals surface area contributed by atoms with Crippen molar-refractivity contribution in [2.75, 3.05) is 0 Å². The number of hydrogen-bond donors (Lipinski definition) is 4. The molecule has 0 spiro atoms. The Kier molecular flexibility index (Phi) is 9.21. The minimum atomic E-state index is -4.90. The molecule has 0 aromatic carbocycles. The second-order valence-electron chi connectivity index (χ2n) is 7.58. The van der Waals surface area contributed by atoms with E-state index in [0.29, 0.717) is 5.92 Å². The SMILES string of the molecule is CC(C)CCCC(C)CCCn1cc[n+](CC(P(=O)(O)O)P(=O)(O)O)c1. The lowest BCUT2D eigenvalue weighted by atomic mass is 9.96. The van der Waals surface area contributed by atoms with Crippen LogP contribution < -0.4 is 4.57 Å². The van der Waals surface area contributed by atoms with Crippen LogP contribution in [0.4, 0.5) is 0 Å². The van der Waals surface area contributed by atoms with Crippen LogP contribution in [0.2, 0.25) is 0 Å². The van der Waals surface area contributed by atoms with E-state index in [2.05, 4.69) is 20.8 Å². The van der Waals surface area contributed by atoms with Gasteiger partial charge in [0.05, 0.1) is 6.54 Å². The Hall–Kier alpha value is -0.490. The Morgan fingerprint density at radius 2 is 1.54 bits per heavy atom. The number of aryl methyl sites for hydroxylation is 1. The van der Waals surface area contributed by atoms with Crippen LogP contribution in [0.1, 0.15) is 52.9 Å². The van der Waals surface area contributed by atoms with Gasteiger partial charge in [0.15, 0.2) is 5.40 Å². The maximum atomic E-state index is 11.3. The molecule has 10 heteroatoms. The monoisotopic (exact) mass is 411 g/mol. The molecule has 0 amide bonds. The van der Waals surface area contributed by atoms with Gasteiger partial charge in [-0.05, 0) is 24.7 Å². The zero-order chi connectivity index (χ0) is 20.0. The van der Waals surface area contributed by atoms with Crippen molar-refractivity contribution >= 4 is 15.2 Å². The number of nitrogens with zero attached hydrogens (tertiary/aromatic N) is 2. The Morgan fingerprint density at radius 1 is 0.962 bits per heavy atom. The molecule has 0 fully saturated rings. The average molecular weight is 411 g/mol. The van der Waals surface area contributed by atoms with Gasteiger partial charge in [-0.25, -0.2) is 9.13 Å². The van der Waals surface area contributed by atoms with Crippen LogP contribution in [-0.4, -0.2) is 29.5 Å². The third-order valence-electron chi connectivity index (χ3n) is 4.49. The van der Waals surface area contributed by atoms with Crippen LogP contribution in [0.15, 0.2) is 18.7 Å². The van der Waals surface area contributed by atoms with Gasteiger partial charge in [0.25, 0.3) is 0 Å². The van der Waals surface area contributed by atoms with Gasteiger partial charge >= 0.3 is 15.2 Å². The van der Waals surface area contributed by atoms with Crippen LogP contribution >= 0.6 is 15.2 Å². The van der Waals surface area contributed by atoms with Crippen LogP contribution in [0, 0.1) is 11.8 Å². The van der Waals surface area contributed by atoms with Gasteiger partial charge in [-0.15, -0.1) is 0 Å². The van der Waals surface area contributed by atoms with Crippen molar-refractivity contribution in [3.05, 3.63) is 18.7 Å². The fourth-order valence-electron chi connectivity index (χ4n) is 2.92. The van der Waals surface area contributed by atoms with Crippen molar-refractivity contribution < 1.29 is 33.3 Å². The topological polar surface area (TPSA) is 124 Å². The van der Waals surface area contributed by atoms with Crippen LogP contribution in [0.5, 0.6) is 0 Å². The van der Waals surface area contributed by atoms with Crippen molar-refractivity contribution in [2.45, 2.75) is 71.4 Å². The molecule has 0 radical (unpaired) electrons. The minimum Gasteiger partial charge on any atom is -0.324 e. The van der Waals surface area contributed by atoms with Crippen molar-refractivity contribution in [1.29, 1.82) is 0 Å². The number of hydrogen-bond acceptors (Lipinski definition) is 2. The number of aromatic nitrogens is 2. The van der Waals surface area contributed by atoms with Crippen LogP contribution in [0.25, 0.3) is 0 Å². The Balaban J connectivity index is 2.48. The van der Waals surface area contributed by atoms with E-state index in [1.54, 1.807) is 18.7 Å². The molecular weight excluding hydrogens is 378 g/mol. The standard InChI is InChI=1S/C16H32N2O6P2/c1-14(2)6-4-7-15(3)8-5-9-17-10-11-18(13-17)12-16(25(19,20)21)26(22,23)24/h10-11,13-16H,4-9,12H2,1-3H3,(H3-,19,20,21,22,23,24)/p+1. The maximum Gasteiger partial charge on any atom is 0.344 e. The molecule has 0 aliphatic heterocycles. The van der Waals surface area contributed by atoms with Gasteiger partial charge in [-0.3, -0.25) is 9.13 Å². The molecule has 0 saturated carbocycles. The fourth-order valence-corrected chi connectivity index (χ4v) is 5.29. The molecule has 0 aliphatic carbocycles. The third-order valence-corrected chi connectivity index (χ3v) is 8.17. The lowest BCUT2D eigenvalue weighted by Crippen LogP contribution is -2.38. The highest BCUT2D eigenvalue weighted by atomic mass is 31.2. The van der Waals surface area contributed by atoms with Crippen molar-refractivity contribution in [2.24, 2.45) is 11.8 Å². The summed E-state index contributed by atoms with van der Waals surface area (Å²) in [5.41, 5.74) is 0. The van der Waals surface area contributed by atoms with Crippen LogP contribution in [-0.2, 0) is 22.2 Å². The highest BCUT2D eigenvalue weighted by Gasteiger charge is 2.45. The van der Waals surface area contributed by atoms with E-state index in [1.165, 1.54) is 23.8 Å². The summed E-state index contributed by atoms with van der Waals surface area (Å²) in [5, 5.41) is -2.02. The van der Waals surface area contributed by atoms with E-state index < -0.39 is 27.1 Å². The Labute approximate surface area is 155 Å². The summed E-state index contributed by atoms with van der Waals surface area (Å²) in [6.07, 6.45) is 10.8. The average Bonchev–Trinajstić information content (AvgIpc) is 2.89. The number of imidazole rings is 1. The fraction of sp³-hybridized carbons (Fsp3) is 0.812. The molecule has 1 atom stereocenters. The summed E-state index contributed by atoms with van der Waals surface area (Å²) in [4.78, 5) is 36.7. The zero-order valence-corrected chi connectivity index (χ0v) is 17.6. The largest absolute Gasteiger partial charge is 0.344 e. The zero-order valence-electron chi connectivity index (χ0n) is 15.8. The summed E-state index contributed by atoms with van der Waals surface area (Å²) < 4.78 is 26.0. The second kappa shape index (κ2) is 10.2. The second-order valence-corrected chi connectivity index (χ2v) is 11.6. The first-order valence-electron chi connectivity index (χ1n) is 9.05. The van der Waals surface area contributed by atoms with Gasteiger partial charge in [0.2, 0.25) is 6.33 Å². The molecule has 4 N–H and O–H groups in total. The van der Waals surface area contributed by atoms with Crippen LogP contribution in [0.3, 0.4) is 0 Å². The van der Waals surface area contributed by atoms with E-state index in [-0.39, 0.29) is 0 Å². The van der Waals surface area contributed by atoms with Crippen molar-refractivity contribution in [1.82, 2.24) is 4.57 Å². The lowest BCUT2D eigenvalue weighted by Gasteiger charge is -2.17. The molecule has 1 unspecified atom stereocenters. The van der Waals surface area contributed by atoms with Gasteiger partial charge in [-0.1, -0.05) is 40.0 Å². The van der Waals surface area contributed by atoms with E-state index in [4.69, 9.17) is 0 Å². The smallest absolute Gasteiger partial charge is 0.324 e. The highest BCUT2D eigenvalue weighted by molar-refractivity contribution is 7.70. The van der Waals surface area contributed by atoms with Gasteiger partial charge in [0.1, 0.15) is 18.9 Å². The number of rotatable bonds is 12. The molecule has 1 aromatic rings. The molecule has 8 nitrogen and oxygen atoms in total. The van der Waals surface area contributed by atoms with Gasteiger partial charge < -0.3 is 19.6 Å². The molecule has 0 saturated heterocycles. The first kappa shape index (κ1) is 23.5. The Bertz CT molecular complexity index is 614. The predicted molar refractivity (Wildman–Crippen MR) is 99.6 cm³/mol. The van der Waals surface area contributed by atoms with Gasteiger partial charge in [-0.2, -0.15) is 0 Å². The molecule has 1 rings (SSSR count). The summed E-state index contributed by atoms with van der Waals surface area (Å²) in [7, 11) is -9.80. The summed E-state index contributed by atoms with van der Waals surface area (Å²) in [6, 6.07) is 0. The van der Waals surface area contributed by atoms with Crippen molar-refractivity contribution in [3.63, 3.8) is 0 Å². The molecule has 0 aliphatic rings. The summed E-state index contributed by atoms with van der Waals surface area (Å²) in [6.45, 7) is 7.05. The predicted octanol–water partition coefficient (Wildman–Crippen LogP) is 2.70. The molecule has 1 heterocycles. The highest BCUT2D eigenvalue weighted by Crippen LogP contribution is 2.59. The first-order valence-corrected chi connectivity index (χ1v) is 12.4. The molecule has 26 heavy (non-hydrogen) atoms. The van der Waals surface area contributed by atoms with E-state index in [0.717, 1.165) is 25.3 Å². The van der Waals surface area contributed by atoms with E-state index >= 15 is 0 Å². The molecule has 0 bridgehead atoms. The Morgan fingerprint density at radius 3 is 2.08 bits per heavy atom. The molecule has 152 valence electrons. The minimum absolute atomic E-state index is 0.423. The van der Waals surface area contributed by atoms with E-state index in [1.807, 2.05) is 4.57 Å². The van der Waals surface area contributed by atoms with Gasteiger partial charge in [0, 0.05) is 0 Å². The summed E-state index contributed by atoms with van der Waals surface area (Å²) in [5.74, 6) is 1.40. The maximum absolute atomic E-state index is 11.3. The normalized spacial score (nSPS) is 14.3. The lowest BCUT2D eigenvalue weighted by molar-refractivity contribution is -0.694.